The molecule has 1 heterocycles. The zero-order chi connectivity index (χ0) is 14.0. The first-order valence-corrected chi connectivity index (χ1v) is 6.65. The average Bonchev–Trinajstić information content (AvgIpc) is 2.65. The molecule has 0 saturated heterocycles. The number of aryl methyl sites for hydroxylation is 2. The first kappa shape index (κ1) is 13.6. The quantitative estimate of drug-likeness (QED) is 0.863. The van der Waals surface area contributed by atoms with Gasteiger partial charge in [-0.05, 0) is 19.8 Å². The number of primary amides is 1. The van der Waals surface area contributed by atoms with Crippen LogP contribution in [0, 0.1) is 12.8 Å². The molecular weight excluding hydrogens is 244 g/mol. The van der Waals surface area contributed by atoms with Gasteiger partial charge in [0.25, 0.3) is 5.91 Å². The van der Waals surface area contributed by atoms with Crippen molar-refractivity contribution in [3.63, 3.8) is 0 Å². The fourth-order valence-corrected chi connectivity index (χ4v) is 2.68. The van der Waals surface area contributed by atoms with Gasteiger partial charge in [0.2, 0.25) is 5.91 Å². The Morgan fingerprint density at radius 1 is 1.32 bits per heavy atom. The van der Waals surface area contributed by atoms with E-state index in [0.717, 1.165) is 25.7 Å². The standard InChI is InChI=1S/C13H20N4O2/c1-8-10(11(12(14)18)17(2)16-8)15-13(19)9-6-4-3-5-7-9/h9H,3-7H2,1-2H3,(H2,14,18)(H,15,19). The van der Waals surface area contributed by atoms with Crippen LogP contribution in [0.2, 0.25) is 0 Å². The lowest BCUT2D eigenvalue weighted by atomic mass is 9.88. The summed E-state index contributed by atoms with van der Waals surface area (Å²) in [6, 6.07) is 0. The van der Waals surface area contributed by atoms with Crippen LogP contribution in [0.4, 0.5) is 5.69 Å². The van der Waals surface area contributed by atoms with Crippen molar-refractivity contribution >= 4 is 17.5 Å². The minimum atomic E-state index is -0.581. The molecule has 6 nitrogen and oxygen atoms in total. The van der Waals surface area contributed by atoms with Gasteiger partial charge in [-0.15, -0.1) is 0 Å². The smallest absolute Gasteiger partial charge is 0.269 e. The highest BCUT2D eigenvalue weighted by Crippen LogP contribution is 2.26. The Morgan fingerprint density at radius 2 is 1.95 bits per heavy atom. The van der Waals surface area contributed by atoms with E-state index in [1.54, 1.807) is 14.0 Å². The van der Waals surface area contributed by atoms with Crippen molar-refractivity contribution in [2.75, 3.05) is 5.32 Å². The van der Waals surface area contributed by atoms with Crippen molar-refractivity contribution in [2.24, 2.45) is 18.7 Å². The first-order valence-electron chi connectivity index (χ1n) is 6.65. The van der Waals surface area contributed by atoms with Crippen LogP contribution in [0.1, 0.15) is 48.3 Å². The predicted octanol–water partition coefficient (Wildman–Crippen LogP) is 1.35. The van der Waals surface area contributed by atoms with Crippen molar-refractivity contribution in [1.82, 2.24) is 9.78 Å². The molecule has 2 rings (SSSR count). The maximum absolute atomic E-state index is 12.2. The Hall–Kier alpha value is -1.85. The summed E-state index contributed by atoms with van der Waals surface area (Å²) in [6.07, 6.45) is 5.20. The van der Waals surface area contributed by atoms with E-state index < -0.39 is 5.91 Å². The third-order valence-corrected chi connectivity index (χ3v) is 3.68. The van der Waals surface area contributed by atoms with Crippen LogP contribution in [0.3, 0.4) is 0 Å². The topological polar surface area (TPSA) is 90.0 Å². The molecule has 1 fully saturated rings. The van der Waals surface area contributed by atoms with Crippen molar-refractivity contribution in [2.45, 2.75) is 39.0 Å². The molecule has 1 aliphatic rings. The van der Waals surface area contributed by atoms with Gasteiger partial charge in [0, 0.05) is 13.0 Å². The number of hydrogen-bond donors (Lipinski definition) is 2. The van der Waals surface area contributed by atoms with Gasteiger partial charge in [0.15, 0.2) is 0 Å². The third-order valence-electron chi connectivity index (χ3n) is 3.68. The lowest BCUT2D eigenvalue weighted by molar-refractivity contribution is -0.120. The molecular formula is C13H20N4O2. The molecule has 3 N–H and O–H groups in total. The summed E-state index contributed by atoms with van der Waals surface area (Å²) in [4.78, 5) is 23.6. The zero-order valence-corrected chi connectivity index (χ0v) is 11.4. The number of nitrogens with two attached hydrogens (primary N) is 1. The van der Waals surface area contributed by atoms with E-state index in [1.165, 1.54) is 11.1 Å². The van der Waals surface area contributed by atoms with E-state index in [-0.39, 0.29) is 17.5 Å². The minimum Gasteiger partial charge on any atom is -0.364 e. The summed E-state index contributed by atoms with van der Waals surface area (Å²) >= 11 is 0. The zero-order valence-electron chi connectivity index (χ0n) is 11.4. The second kappa shape index (κ2) is 5.42. The van der Waals surface area contributed by atoms with Crippen LogP contribution in [-0.4, -0.2) is 21.6 Å². The lowest BCUT2D eigenvalue weighted by Crippen LogP contribution is -2.26. The van der Waals surface area contributed by atoms with Gasteiger partial charge in [0.05, 0.1) is 11.4 Å². The molecule has 1 aromatic heterocycles. The molecule has 1 saturated carbocycles. The summed E-state index contributed by atoms with van der Waals surface area (Å²) in [5.74, 6) is -0.575. The van der Waals surface area contributed by atoms with Crippen molar-refractivity contribution < 1.29 is 9.59 Å². The number of nitrogens with zero attached hydrogens (tertiary/aromatic N) is 2. The van der Waals surface area contributed by atoms with Crippen LogP contribution in [-0.2, 0) is 11.8 Å². The monoisotopic (exact) mass is 264 g/mol. The van der Waals surface area contributed by atoms with Gasteiger partial charge in [-0.3, -0.25) is 14.3 Å². The van der Waals surface area contributed by atoms with Gasteiger partial charge >= 0.3 is 0 Å². The molecule has 0 spiro atoms. The normalized spacial score (nSPS) is 16.3. The number of amides is 2. The van der Waals surface area contributed by atoms with E-state index in [9.17, 15) is 9.59 Å². The molecule has 6 heteroatoms. The second-order valence-corrected chi connectivity index (χ2v) is 5.12. The largest absolute Gasteiger partial charge is 0.364 e. The highest BCUT2D eigenvalue weighted by atomic mass is 16.2. The Labute approximate surface area is 112 Å². The molecule has 104 valence electrons. The van der Waals surface area contributed by atoms with E-state index in [1.807, 2.05) is 0 Å². The number of hydrogen-bond acceptors (Lipinski definition) is 3. The number of nitrogens with one attached hydrogen (secondary N) is 1. The van der Waals surface area contributed by atoms with Crippen LogP contribution in [0.25, 0.3) is 0 Å². The second-order valence-electron chi connectivity index (χ2n) is 5.12. The summed E-state index contributed by atoms with van der Waals surface area (Å²) in [7, 11) is 1.64. The van der Waals surface area contributed by atoms with Crippen molar-refractivity contribution in [3.8, 4) is 0 Å². The third kappa shape index (κ3) is 2.77. The molecule has 1 aromatic rings. The SMILES string of the molecule is Cc1nn(C)c(C(N)=O)c1NC(=O)C1CCCCC1. The van der Waals surface area contributed by atoms with E-state index >= 15 is 0 Å². The molecule has 0 unspecified atom stereocenters. The number of carbonyl (C=O) groups excluding carboxylic acids is 2. The number of anilines is 1. The number of aromatic nitrogens is 2. The summed E-state index contributed by atoms with van der Waals surface area (Å²) in [5, 5.41) is 6.96. The molecule has 0 atom stereocenters. The van der Waals surface area contributed by atoms with E-state index in [0.29, 0.717) is 11.4 Å². The maximum Gasteiger partial charge on any atom is 0.269 e. The van der Waals surface area contributed by atoms with Gasteiger partial charge in [0.1, 0.15) is 5.69 Å². The highest BCUT2D eigenvalue weighted by molar-refractivity contribution is 6.03. The average molecular weight is 264 g/mol. The van der Waals surface area contributed by atoms with Crippen molar-refractivity contribution in [1.29, 1.82) is 0 Å². The summed E-state index contributed by atoms with van der Waals surface area (Å²) in [5.41, 5.74) is 6.64. The first-order chi connectivity index (χ1) is 9.00. The molecule has 2 amide bonds. The van der Waals surface area contributed by atoms with Gasteiger partial charge in [-0.2, -0.15) is 5.10 Å². The summed E-state index contributed by atoms with van der Waals surface area (Å²) in [6.45, 7) is 1.75. The molecule has 0 aliphatic heterocycles. The van der Waals surface area contributed by atoms with Crippen molar-refractivity contribution in [3.05, 3.63) is 11.4 Å². The van der Waals surface area contributed by atoms with Gasteiger partial charge in [-0.25, -0.2) is 0 Å². The van der Waals surface area contributed by atoms with Crippen LogP contribution >= 0.6 is 0 Å². The molecule has 0 radical (unpaired) electrons. The fourth-order valence-electron chi connectivity index (χ4n) is 2.68. The van der Waals surface area contributed by atoms with E-state index in [4.69, 9.17) is 5.73 Å². The van der Waals surface area contributed by atoms with E-state index in [2.05, 4.69) is 10.4 Å². The molecule has 0 aromatic carbocycles. The van der Waals surface area contributed by atoms with Crippen LogP contribution in [0.5, 0.6) is 0 Å². The van der Waals surface area contributed by atoms with Crippen LogP contribution in [0.15, 0.2) is 0 Å². The minimum absolute atomic E-state index is 0.0294. The van der Waals surface area contributed by atoms with Crippen LogP contribution < -0.4 is 11.1 Å². The predicted molar refractivity (Wildman–Crippen MR) is 71.7 cm³/mol. The Kier molecular flexibility index (Phi) is 3.87. The lowest BCUT2D eigenvalue weighted by Gasteiger charge is -2.20. The Morgan fingerprint density at radius 3 is 2.53 bits per heavy atom. The highest BCUT2D eigenvalue weighted by Gasteiger charge is 2.25. The van der Waals surface area contributed by atoms with Gasteiger partial charge < -0.3 is 11.1 Å². The maximum atomic E-state index is 12.2. The Balaban J connectivity index is 2.18. The Bertz CT molecular complexity index is 501. The number of rotatable bonds is 3. The molecule has 0 bridgehead atoms. The van der Waals surface area contributed by atoms with Gasteiger partial charge in [-0.1, -0.05) is 19.3 Å². The molecule has 19 heavy (non-hydrogen) atoms. The number of carbonyl (C=O) groups is 2. The molecule has 1 aliphatic carbocycles. The summed E-state index contributed by atoms with van der Waals surface area (Å²) < 4.78 is 1.41. The fraction of sp³-hybridized carbons (Fsp3) is 0.615.